The van der Waals surface area contributed by atoms with Crippen molar-refractivity contribution in [3.05, 3.63) is 65.2 Å². The number of hydrogen-bond acceptors (Lipinski definition) is 3. The zero-order valence-corrected chi connectivity index (χ0v) is 19.4. The van der Waals surface area contributed by atoms with Crippen molar-refractivity contribution in [3.8, 4) is 11.8 Å². The van der Waals surface area contributed by atoms with Crippen LogP contribution in [-0.4, -0.2) is 31.1 Å². The molecule has 0 aliphatic carbocycles. The summed E-state index contributed by atoms with van der Waals surface area (Å²) in [5.41, 5.74) is 3.01. The van der Waals surface area contributed by atoms with E-state index in [0.29, 0.717) is 19.6 Å². The standard InChI is InChI=1S/C27H32N2O3/c1-20(2)32-18-16-27(3,4)26(31)28-17-15-25(30)29-19-23-11-6-5-9-21(23)13-14-22-10-7-8-12-24(22)29/h5-12,20H,15-19H2,1-4H3,(H,28,31). The van der Waals surface area contributed by atoms with Crippen LogP contribution in [0.4, 0.5) is 5.69 Å². The van der Waals surface area contributed by atoms with Crippen LogP contribution in [-0.2, 0) is 20.9 Å². The first-order chi connectivity index (χ1) is 15.3. The maximum absolute atomic E-state index is 13.2. The lowest BCUT2D eigenvalue weighted by Gasteiger charge is -2.27. The van der Waals surface area contributed by atoms with Crippen molar-refractivity contribution in [2.24, 2.45) is 5.41 Å². The molecule has 2 amide bonds. The van der Waals surface area contributed by atoms with Gasteiger partial charge in [-0.2, -0.15) is 0 Å². The number of ether oxygens (including phenoxy) is 1. The molecule has 0 saturated heterocycles. The van der Waals surface area contributed by atoms with Gasteiger partial charge in [-0.15, -0.1) is 0 Å². The number of anilines is 1. The van der Waals surface area contributed by atoms with Gasteiger partial charge in [-0.25, -0.2) is 0 Å². The maximum atomic E-state index is 13.2. The molecular weight excluding hydrogens is 400 g/mol. The molecule has 3 rings (SSSR count). The third kappa shape index (κ3) is 5.99. The minimum Gasteiger partial charge on any atom is -0.379 e. The predicted octanol–water partition coefficient (Wildman–Crippen LogP) is 4.28. The fraction of sp³-hybridized carbons (Fsp3) is 0.407. The molecule has 1 aliphatic heterocycles. The Bertz CT molecular complexity index is 1030. The van der Waals surface area contributed by atoms with Crippen LogP contribution in [0.15, 0.2) is 48.5 Å². The van der Waals surface area contributed by atoms with E-state index in [1.165, 1.54) is 0 Å². The van der Waals surface area contributed by atoms with Gasteiger partial charge in [0.15, 0.2) is 0 Å². The molecule has 1 heterocycles. The van der Waals surface area contributed by atoms with E-state index in [0.717, 1.165) is 22.4 Å². The van der Waals surface area contributed by atoms with Crippen molar-refractivity contribution in [1.29, 1.82) is 0 Å². The molecule has 0 spiro atoms. The summed E-state index contributed by atoms with van der Waals surface area (Å²) in [6.07, 6.45) is 0.982. The van der Waals surface area contributed by atoms with Crippen LogP contribution in [0, 0.1) is 17.3 Å². The average molecular weight is 433 g/mol. The number of benzene rings is 2. The van der Waals surface area contributed by atoms with Crippen molar-refractivity contribution in [1.82, 2.24) is 5.32 Å². The number of carbonyl (C=O) groups is 2. The lowest BCUT2D eigenvalue weighted by Crippen LogP contribution is -2.40. The second-order valence-electron chi connectivity index (χ2n) is 8.96. The molecule has 0 aromatic heterocycles. The number of fused-ring (bicyclic) bond motifs is 2. The fourth-order valence-corrected chi connectivity index (χ4v) is 3.53. The van der Waals surface area contributed by atoms with E-state index in [2.05, 4.69) is 17.2 Å². The monoisotopic (exact) mass is 432 g/mol. The first-order valence-corrected chi connectivity index (χ1v) is 11.2. The number of rotatable bonds is 8. The van der Waals surface area contributed by atoms with Crippen LogP contribution < -0.4 is 10.2 Å². The number of nitrogens with one attached hydrogen (secondary N) is 1. The van der Waals surface area contributed by atoms with Crippen molar-refractivity contribution in [2.75, 3.05) is 18.1 Å². The maximum Gasteiger partial charge on any atom is 0.229 e. The smallest absolute Gasteiger partial charge is 0.229 e. The molecule has 2 aromatic rings. The third-order valence-electron chi connectivity index (χ3n) is 5.59. The summed E-state index contributed by atoms with van der Waals surface area (Å²) in [5.74, 6) is 6.31. The number of carbonyl (C=O) groups excluding carboxylic acids is 2. The molecular formula is C27H32N2O3. The minimum absolute atomic E-state index is 0.0443. The van der Waals surface area contributed by atoms with E-state index in [4.69, 9.17) is 4.74 Å². The molecule has 0 fully saturated rings. The van der Waals surface area contributed by atoms with Crippen LogP contribution in [0.3, 0.4) is 0 Å². The largest absolute Gasteiger partial charge is 0.379 e. The summed E-state index contributed by atoms with van der Waals surface area (Å²) in [7, 11) is 0. The van der Waals surface area contributed by atoms with Crippen LogP contribution >= 0.6 is 0 Å². The van der Waals surface area contributed by atoms with Crippen LogP contribution in [0.25, 0.3) is 0 Å². The van der Waals surface area contributed by atoms with Crippen molar-refractivity contribution >= 4 is 17.5 Å². The van der Waals surface area contributed by atoms with Gasteiger partial charge >= 0.3 is 0 Å². The highest BCUT2D eigenvalue weighted by atomic mass is 16.5. The minimum atomic E-state index is -0.556. The zero-order chi connectivity index (χ0) is 23.1. The van der Waals surface area contributed by atoms with Gasteiger partial charge in [-0.05, 0) is 44.0 Å². The number of nitrogens with zero attached hydrogens (tertiary/aromatic N) is 1. The molecule has 0 atom stereocenters. The first-order valence-electron chi connectivity index (χ1n) is 11.2. The van der Waals surface area contributed by atoms with E-state index in [-0.39, 0.29) is 30.9 Å². The summed E-state index contributed by atoms with van der Waals surface area (Å²) in [4.78, 5) is 27.6. The first kappa shape index (κ1) is 23.6. The van der Waals surface area contributed by atoms with E-state index in [1.54, 1.807) is 4.90 Å². The Morgan fingerprint density at radius 1 is 1.06 bits per heavy atom. The summed E-state index contributed by atoms with van der Waals surface area (Å²) >= 11 is 0. The molecule has 5 heteroatoms. The van der Waals surface area contributed by atoms with Gasteiger partial charge < -0.3 is 15.0 Å². The Morgan fingerprint density at radius 3 is 2.47 bits per heavy atom. The van der Waals surface area contributed by atoms with Gasteiger partial charge in [-0.1, -0.05) is 56.0 Å². The molecule has 0 radical (unpaired) electrons. The molecule has 0 unspecified atom stereocenters. The van der Waals surface area contributed by atoms with Gasteiger partial charge in [0.2, 0.25) is 11.8 Å². The fourth-order valence-electron chi connectivity index (χ4n) is 3.53. The zero-order valence-electron chi connectivity index (χ0n) is 19.4. The van der Waals surface area contributed by atoms with Crippen LogP contribution in [0.5, 0.6) is 0 Å². The number of para-hydroxylation sites is 1. The van der Waals surface area contributed by atoms with Crippen molar-refractivity contribution < 1.29 is 14.3 Å². The van der Waals surface area contributed by atoms with Gasteiger partial charge in [0.1, 0.15) is 0 Å². The van der Waals surface area contributed by atoms with Gasteiger partial charge in [-0.3, -0.25) is 9.59 Å². The van der Waals surface area contributed by atoms with Gasteiger partial charge in [0, 0.05) is 36.1 Å². The Balaban J connectivity index is 1.66. The van der Waals surface area contributed by atoms with Crippen molar-refractivity contribution in [3.63, 3.8) is 0 Å². The van der Waals surface area contributed by atoms with Gasteiger partial charge in [0.05, 0.1) is 18.3 Å². The second-order valence-corrected chi connectivity index (χ2v) is 8.96. The molecule has 5 nitrogen and oxygen atoms in total. The Kier molecular flexibility index (Phi) is 7.71. The highest BCUT2D eigenvalue weighted by molar-refractivity contribution is 5.95. The lowest BCUT2D eigenvalue weighted by molar-refractivity contribution is -0.130. The molecule has 0 saturated carbocycles. The quantitative estimate of drug-likeness (QED) is 0.634. The van der Waals surface area contributed by atoms with E-state index in [9.17, 15) is 9.59 Å². The third-order valence-corrected chi connectivity index (χ3v) is 5.59. The predicted molar refractivity (Wildman–Crippen MR) is 127 cm³/mol. The Labute approximate surface area is 191 Å². The van der Waals surface area contributed by atoms with Gasteiger partial charge in [0.25, 0.3) is 0 Å². The summed E-state index contributed by atoms with van der Waals surface area (Å²) < 4.78 is 5.58. The molecule has 0 bridgehead atoms. The highest BCUT2D eigenvalue weighted by Gasteiger charge is 2.28. The van der Waals surface area contributed by atoms with E-state index >= 15 is 0 Å². The summed E-state index contributed by atoms with van der Waals surface area (Å²) in [6.45, 7) is 9.03. The Morgan fingerprint density at radius 2 is 1.72 bits per heavy atom. The molecule has 1 aliphatic rings. The molecule has 2 aromatic carbocycles. The average Bonchev–Trinajstić information content (AvgIpc) is 2.74. The molecule has 168 valence electrons. The molecule has 1 N–H and O–H groups in total. The van der Waals surface area contributed by atoms with Crippen molar-refractivity contribution in [2.45, 2.75) is 53.2 Å². The van der Waals surface area contributed by atoms with E-state index in [1.807, 2.05) is 76.2 Å². The summed E-state index contributed by atoms with van der Waals surface area (Å²) in [5, 5.41) is 2.93. The summed E-state index contributed by atoms with van der Waals surface area (Å²) in [6, 6.07) is 15.6. The van der Waals surface area contributed by atoms with Crippen LogP contribution in [0.2, 0.25) is 0 Å². The highest BCUT2D eigenvalue weighted by Crippen LogP contribution is 2.26. The van der Waals surface area contributed by atoms with E-state index < -0.39 is 5.41 Å². The van der Waals surface area contributed by atoms with Crippen LogP contribution in [0.1, 0.15) is 57.2 Å². The Hall–Kier alpha value is -3.10. The normalized spacial score (nSPS) is 12.7. The second kappa shape index (κ2) is 10.5. The number of amides is 2. The topological polar surface area (TPSA) is 58.6 Å². The SMILES string of the molecule is CC(C)OCCC(C)(C)C(=O)NCCC(=O)N1Cc2ccccc2C#Cc2ccccc21. The lowest BCUT2D eigenvalue weighted by atomic mass is 9.88. The number of hydrogen-bond donors (Lipinski definition) is 1. The molecule has 32 heavy (non-hydrogen) atoms.